The van der Waals surface area contributed by atoms with E-state index in [9.17, 15) is 4.79 Å². The lowest BCUT2D eigenvalue weighted by molar-refractivity contribution is -0.129. The van der Waals surface area contributed by atoms with Crippen molar-refractivity contribution < 1.29 is 4.79 Å². The van der Waals surface area contributed by atoms with E-state index in [-0.39, 0.29) is 5.91 Å². The maximum atomic E-state index is 11.6. The molecule has 4 nitrogen and oxygen atoms in total. The lowest BCUT2D eigenvalue weighted by Crippen LogP contribution is -2.30. The summed E-state index contributed by atoms with van der Waals surface area (Å²) in [6.07, 6.45) is 0.561. The first-order valence-corrected chi connectivity index (χ1v) is 6.77. The summed E-state index contributed by atoms with van der Waals surface area (Å²) < 4.78 is 0. The van der Waals surface area contributed by atoms with Crippen LogP contribution in [0.25, 0.3) is 0 Å². The topological polar surface area (TPSA) is 49.6 Å². The Balaban J connectivity index is 2.59. The molecule has 1 aromatic carbocycles. The minimum absolute atomic E-state index is 0.172. The molecule has 2 N–H and O–H groups in total. The predicted octanol–water partition coefficient (Wildman–Crippen LogP) is 1.45. The van der Waals surface area contributed by atoms with Crippen LogP contribution in [0.1, 0.15) is 24.5 Å². The zero-order chi connectivity index (χ0) is 14.3. The van der Waals surface area contributed by atoms with Crippen molar-refractivity contribution in [1.82, 2.24) is 9.80 Å². The third-order valence-corrected chi connectivity index (χ3v) is 3.32. The number of nitrogens with zero attached hydrogens (tertiary/aromatic N) is 2. The van der Waals surface area contributed by atoms with Gasteiger partial charge in [0.1, 0.15) is 0 Å². The van der Waals surface area contributed by atoms with Gasteiger partial charge in [-0.25, -0.2) is 0 Å². The van der Waals surface area contributed by atoms with Gasteiger partial charge in [-0.05, 0) is 17.7 Å². The third kappa shape index (κ3) is 5.01. The SMILES string of the molecule is CCN(CCC(=O)N(C)C)Cc1ccccc1CN. The van der Waals surface area contributed by atoms with Crippen LogP contribution in [0.5, 0.6) is 0 Å². The zero-order valence-corrected chi connectivity index (χ0v) is 12.2. The lowest BCUT2D eigenvalue weighted by Gasteiger charge is -2.22. The molecule has 0 aliphatic carbocycles. The van der Waals surface area contributed by atoms with E-state index in [2.05, 4.69) is 24.0 Å². The highest BCUT2D eigenvalue weighted by Gasteiger charge is 2.10. The molecule has 4 heteroatoms. The van der Waals surface area contributed by atoms with Crippen molar-refractivity contribution in [3.8, 4) is 0 Å². The van der Waals surface area contributed by atoms with Crippen molar-refractivity contribution in [1.29, 1.82) is 0 Å². The number of nitrogens with two attached hydrogens (primary N) is 1. The maximum Gasteiger partial charge on any atom is 0.223 e. The second-order valence-corrected chi connectivity index (χ2v) is 4.88. The highest BCUT2D eigenvalue weighted by atomic mass is 16.2. The second-order valence-electron chi connectivity index (χ2n) is 4.88. The molecule has 0 bridgehead atoms. The molecular weight excluding hydrogens is 238 g/mol. The molecule has 1 amide bonds. The van der Waals surface area contributed by atoms with Gasteiger partial charge < -0.3 is 10.6 Å². The number of amides is 1. The molecule has 0 atom stereocenters. The van der Waals surface area contributed by atoms with Gasteiger partial charge in [0, 0.05) is 40.2 Å². The quantitative estimate of drug-likeness (QED) is 0.810. The number of carbonyl (C=O) groups is 1. The Hall–Kier alpha value is -1.39. The van der Waals surface area contributed by atoms with Crippen LogP contribution in [0.15, 0.2) is 24.3 Å². The Morgan fingerprint density at radius 1 is 1.21 bits per heavy atom. The summed E-state index contributed by atoms with van der Waals surface area (Å²) in [6, 6.07) is 8.22. The van der Waals surface area contributed by atoms with Gasteiger partial charge in [-0.15, -0.1) is 0 Å². The largest absolute Gasteiger partial charge is 0.349 e. The van der Waals surface area contributed by atoms with Gasteiger partial charge in [0.2, 0.25) is 5.91 Å². The molecule has 19 heavy (non-hydrogen) atoms. The average Bonchev–Trinajstić information content (AvgIpc) is 2.43. The number of rotatable bonds is 7. The Morgan fingerprint density at radius 2 is 1.84 bits per heavy atom. The van der Waals surface area contributed by atoms with Crippen molar-refractivity contribution in [3.63, 3.8) is 0 Å². The van der Waals surface area contributed by atoms with E-state index in [1.807, 2.05) is 12.1 Å². The molecule has 0 aliphatic rings. The lowest BCUT2D eigenvalue weighted by atomic mass is 10.1. The molecule has 0 aromatic heterocycles. The summed E-state index contributed by atoms with van der Waals surface area (Å²) in [4.78, 5) is 15.5. The summed E-state index contributed by atoms with van der Waals surface area (Å²) in [7, 11) is 3.59. The first-order chi connectivity index (χ1) is 9.08. The second kappa shape index (κ2) is 7.92. The summed E-state index contributed by atoms with van der Waals surface area (Å²) in [5.74, 6) is 0.172. The van der Waals surface area contributed by atoms with E-state index < -0.39 is 0 Å². The smallest absolute Gasteiger partial charge is 0.223 e. The molecule has 0 unspecified atom stereocenters. The summed E-state index contributed by atoms with van der Waals surface area (Å²) in [6.45, 7) is 5.24. The van der Waals surface area contributed by atoms with Crippen molar-refractivity contribution in [2.75, 3.05) is 27.2 Å². The minimum atomic E-state index is 0.172. The Kier molecular flexibility index (Phi) is 6.53. The van der Waals surface area contributed by atoms with Gasteiger partial charge in [-0.1, -0.05) is 31.2 Å². The van der Waals surface area contributed by atoms with Crippen molar-refractivity contribution >= 4 is 5.91 Å². The van der Waals surface area contributed by atoms with Crippen molar-refractivity contribution in [3.05, 3.63) is 35.4 Å². The van der Waals surface area contributed by atoms with E-state index in [1.54, 1.807) is 19.0 Å². The van der Waals surface area contributed by atoms with Crippen LogP contribution in [0, 0.1) is 0 Å². The molecule has 0 saturated carbocycles. The van der Waals surface area contributed by atoms with Crippen LogP contribution in [0.4, 0.5) is 0 Å². The monoisotopic (exact) mass is 263 g/mol. The minimum Gasteiger partial charge on any atom is -0.349 e. The first kappa shape index (κ1) is 15.7. The van der Waals surface area contributed by atoms with Gasteiger partial charge in [0.05, 0.1) is 0 Å². The van der Waals surface area contributed by atoms with Gasteiger partial charge in [-0.3, -0.25) is 9.69 Å². The molecule has 106 valence electrons. The predicted molar refractivity (Wildman–Crippen MR) is 78.6 cm³/mol. The number of carbonyl (C=O) groups excluding carboxylic acids is 1. The van der Waals surface area contributed by atoms with Gasteiger partial charge in [0.25, 0.3) is 0 Å². The van der Waals surface area contributed by atoms with E-state index in [1.165, 1.54) is 11.1 Å². The average molecular weight is 263 g/mol. The Labute approximate surface area is 116 Å². The van der Waals surface area contributed by atoms with Crippen LogP contribution < -0.4 is 5.73 Å². The number of hydrogen-bond acceptors (Lipinski definition) is 3. The summed E-state index contributed by atoms with van der Waals surface area (Å²) >= 11 is 0. The molecular formula is C15H25N3O. The number of benzene rings is 1. The van der Waals surface area contributed by atoms with Gasteiger partial charge >= 0.3 is 0 Å². The van der Waals surface area contributed by atoms with E-state index >= 15 is 0 Å². The molecule has 0 fully saturated rings. The van der Waals surface area contributed by atoms with E-state index in [0.29, 0.717) is 13.0 Å². The Morgan fingerprint density at radius 3 is 2.37 bits per heavy atom. The van der Waals surface area contributed by atoms with Crippen molar-refractivity contribution in [2.24, 2.45) is 5.73 Å². The fraction of sp³-hybridized carbons (Fsp3) is 0.533. The van der Waals surface area contributed by atoms with Crippen LogP contribution in [0.3, 0.4) is 0 Å². The summed E-state index contributed by atoms with van der Waals surface area (Å²) in [5.41, 5.74) is 8.18. The van der Waals surface area contributed by atoms with Crippen LogP contribution >= 0.6 is 0 Å². The normalized spacial score (nSPS) is 10.8. The highest BCUT2D eigenvalue weighted by molar-refractivity contribution is 5.75. The fourth-order valence-corrected chi connectivity index (χ4v) is 1.98. The Bertz CT molecular complexity index is 404. The number of hydrogen-bond donors (Lipinski definition) is 1. The molecule has 0 radical (unpaired) electrons. The molecule has 1 aromatic rings. The van der Waals surface area contributed by atoms with Crippen LogP contribution in [0.2, 0.25) is 0 Å². The standard InChI is InChI=1S/C15H25N3O/c1-4-18(10-9-15(19)17(2)3)12-14-8-6-5-7-13(14)11-16/h5-8H,4,9-12,16H2,1-3H3. The molecule has 1 rings (SSSR count). The fourth-order valence-electron chi connectivity index (χ4n) is 1.98. The van der Waals surface area contributed by atoms with Crippen LogP contribution in [-0.2, 0) is 17.9 Å². The summed E-state index contributed by atoms with van der Waals surface area (Å²) in [5, 5.41) is 0. The molecule has 0 heterocycles. The van der Waals surface area contributed by atoms with Gasteiger partial charge in [-0.2, -0.15) is 0 Å². The highest BCUT2D eigenvalue weighted by Crippen LogP contribution is 2.11. The third-order valence-electron chi connectivity index (χ3n) is 3.32. The first-order valence-electron chi connectivity index (χ1n) is 6.77. The van der Waals surface area contributed by atoms with Crippen LogP contribution in [-0.4, -0.2) is 42.9 Å². The maximum absolute atomic E-state index is 11.6. The molecule has 0 spiro atoms. The van der Waals surface area contributed by atoms with E-state index in [0.717, 1.165) is 19.6 Å². The van der Waals surface area contributed by atoms with E-state index in [4.69, 9.17) is 5.73 Å². The molecule has 0 aliphatic heterocycles. The van der Waals surface area contributed by atoms with Gasteiger partial charge in [0.15, 0.2) is 0 Å². The van der Waals surface area contributed by atoms with Crippen molar-refractivity contribution in [2.45, 2.75) is 26.4 Å². The zero-order valence-electron chi connectivity index (χ0n) is 12.2. The molecule has 0 saturated heterocycles.